The molecular formula is C42H32N4O4. The summed E-state index contributed by atoms with van der Waals surface area (Å²) >= 11 is 0. The fraction of sp³-hybridized carbons (Fsp3) is 0. The normalized spacial score (nSPS) is 13.0. The summed E-state index contributed by atoms with van der Waals surface area (Å²) in [6.07, 6.45) is 3.74. The Morgan fingerprint density at radius 3 is 1.10 bits per heavy atom. The molecule has 0 saturated carbocycles. The van der Waals surface area contributed by atoms with Gasteiger partial charge in [-0.05, 0) is 107 Å². The predicted molar refractivity (Wildman–Crippen MR) is 195 cm³/mol. The summed E-state index contributed by atoms with van der Waals surface area (Å²) in [5, 5.41) is 46.9. The van der Waals surface area contributed by atoms with Crippen LogP contribution in [0.1, 0.15) is 45.0 Å². The van der Waals surface area contributed by atoms with E-state index in [-0.39, 0.29) is 23.0 Å². The van der Waals surface area contributed by atoms with Gasteiger partial charge in [-0.3, -0.25) is 0 Å². The minimum absolute atomic E-state index is 0.141. The number of aromatic amines is 3. The number of phenols is 4. The molecule has 0 atom stereocenters. The van der Waals surface area contributed by atoms with Crippen LogP contribution in [-0.4, -0.2) is 35.4 Å². The lowest BCUT2D eigenvalue weighted by atomic mass is 10.0. The van der Waals surface area contributed by atoms with E-state index < -0.39 is 0 Å². The van der Waals surface area contributed by atoms with Gasteiger partial charge in [-0.15, -0.1) is 0 Å². The highest BCUT2D eigenvalue weighted by Crippen LogP contribution is 2.31. The van der Waals surface area contributed by atoms with Crippen molar-refractivity contribution >= 4 is 22.3 Å². The van der Waals surface area contributed by atoms with Crippen molar-refractivity contribution in [2.75, 3.05) is 0 Å². The number of rotatable bonds is 4. The second-order valence-electron chi connectivity index (χ2n) is 12.1. The lowest BCUT2D eigenvalue weighted by molar-refractivity contribution is 0.474. The highest BCUT2D eigenvalue weighted by atomic mass is 16.3. The van der Waals surface area contributed by atoms with E-state index in [1.54, 1.807) is 60.7 Å². The number of aromatic hydroxyl groups is 4. The standard InChI is InChI=1S/C42H32N4O4/c47-29-9-1-5-25(19-29)33-23-43-24-34(26-6-2-10-30(48)20-26)36-14-16-38(45-36)42(28-8-4-12-32(50)22-28)40-18-17-39(46-40)41(37-15-13-35(33)44-37)27-7-3-11-31(49)21-27/h1-24,43-50H. The van der Waals surface area contributed by atoms with Gasteiger partial charge in [-0.1, -0.05) is 48.5 Å². The molecule has 7 aromatic rings. The quantitative estimate of drug-likeness (QED) is 0.111. The molecule has 8 heteroatoms. The molecule has 0 fully saturated rings. The van der Waals surface area contributed by atoms with Crippen LogP contribution in [0.15, 0.2) is 146 Å². The Hall–Kier alpha value is -7.06. The van der Waals surface area contributed by atoms with Gasteiger partial charge in [-0.25, -0.2) is 0 Å². The summed E-state index contributed by atoms with van der Waals surface area (Å²) in [5.41, 5.74) is 9.60. The van der Waals surface area contributed by atoms with Crippen LogP contribution in [0.25, 0.3) is 22.3 Å². The van der Waals surface area contributed by atoms with Gasteiger partial charge in [0.25, 0.3) is 0 Å². The zero-order valence-corrected chi connectivity index (χ0v) is 26.6. The van der Waals surface area contributed by atoms with Crippen molar-refractivity contribution in [3.8, 4) is 23.0 Å². The summed E-state index contributed by atoms with van der Waals surface area (Å²) < 4.78 is 0. The molecule has 50 heavy (non-hydrogen) atoms. The first-order valence-electron chi connectivity index (χ1n) is 16.1. The van der Waals surface area contributed by atoms with Gasteiger partial charge >= 0.3 is 0 Å². The van der Waals surface area contributed by atoms with Crippen LogP contribution >= 0.6 is 0 Å². The monoisotopic (exact) mass is 656 g/mol. The van der Waals surface area contributed by atoms with E-state index in [1.165, 1.54) is 0 Å². The molecule has 0 amide bonds. The summed E-state index contributed by atoms with van der Waals surface area (Å²) in [4.78, 5) is 10.9. The highest BCUT2D eigenvalue weighted by molar-refractivity contribution is 5.85. The number of nitrogens with one attached hydrogen (secondary N) is 4. The van der Waals surface area contributed by atoms with Gasteiger partial charge in [-0.2, -0.15) is 0 Å². The SMILES string of the molecule is Oc1cccc(C2=CNC=C(c3cccc(O)c3)c3ccc([nH]3)C(c3cccc(O)c3)=c3ccc([nH]3)=C(c3cccc(O)c3)c3ccc2[nH]3)c1. The molecule has 0 unspecified atom stereocenters. The van der Waals surface area contributed by atoms with Gasteiger partial charge in [0, 0.05) is 68.2 Å². The Balaban J connectivity index is 1.46. The van der Waals surface area contributed by atoms with Crippen LogP contribution in [-0.2, 0) is 0 Å². The third-order valence-corrected chi connectivity index (χ3v) is 8.76. The van der Waals surface area contributed by atoms with E-state index in [0.717, 1.165) is 78.0 Å². The van der Waals surface area contributed by atoms with E-state index in [4.69, 9.17) is 0 Å². The molecule has 4 heterocycles. The average molecular weight is 657 g/mol. The lowest BCUT2D eigenvalue weighted by Crippen LogP contribution is -2.17. The van der Waals surface area contributed by atoms with Crippen molar-refractivity contribution in [1.82, 2.24) is 20.3 Å². The summed E-state index contributed by atoms with van der Waals surface area (Å²) in [7, 11) is 0. The number of H-pyrrole nitrogens is 3. The molecule has 3 aromatic heterocycles. The van der Waals surface area contributed by atoms with E-state index >= 15 is 0 Å². The molecule has 244 valence electrons. The fourth-order valence-electron chi connectivity index (χ4n) is 6.51. The van der Waals surface area contributed by atoms with Crippen molar-refractivity contribution in [2.24, 2.45) is 0 Å². The molecule has 6 bridgehead atoms. The maximum Gasteiger partial charge on any atom is 0.116 e. The van der Waals surface area contributed by atoms with Crippen LogP contribution < -0.4 is 16.0 Å². The van der Waals surface area contributed by atoms with Crippen molar-refractivity contribution in [3.05, 3.63) is 202 Å². The lowest BCUT2D eigenvalue weighted by Gasteiger charge is -2.11. The predicted octanol–water partition coefficient (Wildman–Crippen LogP) is 6.37. The molecular weight excluding hydrogens is 624 g/mol. The van der Waals surface area contributed by atoms with Gasteiger partial charge in [0.05, 0.1) is 0 Å². The molecule has 1 aliphatic heterocycles. The number of fused-ring (bicyclic) bond motifs is 6. The summed E-state index contributed by atoms with van der Waals surface area (Å²) in [6.45, 7) is 0. The molecule has 8 nitrogen and oxygen atoms in total. The van der Waals surface area contributed by atoms with Crippen molar-refractivity contribution < 1.29 is 20.4 Å². The average Bonchev–Trinajstić information content (AvgIpc) is 3.88. The second kappa shape index (κ2) is 12.5. The van der Waals surface area contributed by atoms with Crippen molar-refractivity contribution in [3.63, 3.8) is 0 Å². The molecule has 0 saturated heterocycles. The zero-order valence-electron chi connectivity index (χ0n) is 26.6. The molecule has 8 N–H and O–H groups in total. The van der Waals surface area contributed by atoms with E-state index in [1.807, 2.05) is 85.2 Å². The maximum absolute atomic E-state index is 10.5. The Bertz CT molecular complexity index is 2410. The largest absolute Gasteiger partial charge is 0.508 e. The summed E-state index contributed by atoms with van der Waals surface area (Å²) in [5.74, 6) is 0.569. The number of aromatic nitrogens is 3. The van der Waals surface area contributed by atoms with Crippen LogP contribution in [0.3, 0.4) is 0 Å². The molecule has 0 aliphatic carbocycles. The third-order valence-electron chi connectivity index (χ3n) is 8.76. The molecule has 4 aromatic carbocycles. The minimum atomic E-state index is 0.141. The van der Waals surface area contributed by atoms with E-state index in [9.17, 15) is 20.4 Å². The zero-order chi connectivity index (χ0) is 34.2. The van der Waals surface area contributed by atoms with Crippen molar-refractivity contribution in [1.29, 1.82) is 0 Å². The van der Waals surface area contributed by atoms with Crippen LogP contribution in [0.5, 0.6) is 23.0 Å². The van der Waals surface area contributed by atoms with E-state index in [2.05, 4.69) is 20.3 Å². The first-order chi connectivity index (χ1) is 24.4. The molecule has 0 radical (unpaired) electrons. The first kappa shape index (κ1) is 30.3. The minimum Gasteiger partial charge on any atom is -0.508 e. The molecule has 8 rings (SSSR count). The maximum atomic E-state index is 10.5. The fourth-order valence-corrected chi connectivity index (χ4v) is 6.51. The summed E-state index contributed by atoms with van der Waals surface area (Å²) in [6, 6.07) is 40.4. The Morgan fingerprint density at radius 2 is 0.700 bits per heavy atom. The van der Waals surface area contributed by atoms with Crippen LogP contribution in [0, 0.1) is 0 Å². The number of phenolic OH excluding ortho intramolecular Hbond substituents is 4. The van der Waals surface area contributed by atoms with Crippen LogP contribution in [0.2, 0.25) is 0 Å². The van der Waals surface area contributed by atoms with E-state index in [0.29, 0.717) is 0 Å². The van der Waals surface area contributed by atoms with Gasteiger partial charge in [0.2, 0.25) is 0 Å². The van der Waals surface area contributed by atoms with Crippen molar-refractivity contribution in [2.45, 2.75) is 0 Å². The van der Waals surface area contributed by atoms with Gasteiger partial charge in [0.15, 0.2) is 0 Å². The molecule has 1 aliphatic rings. The number of hydrogen-bond donors (Lipinski definition) is 8. The van der Waals surface area contributed by atoms with Gasteiger partial charge in [0.1, 0.15) is 23.0 Å². The van der Waals surface area contributed by atoms with Gasteiger partial charge < -0.3 is 40.7 Å². The Morgan fingerprint density at radius 1 is 0.340 bits per heavy atom. The molecule has 0 spiro atoms. The Labute approximate surface area is 287 Å². The van der Waals surface area contributed by atoms with Crippen LogP contribution in [0.4, 0.5) is 0 Å². The third kappa shape index (κ3) is 5.82. The number of hydrogen-bond acceptors (Lipinski definition) is 5. The number of benzene rings is 4. The highest BCUT2D eigenvalue weighted by Gasteiger charge is 2.17. The Kier molecular flexibility index (Phi) is 7.58. The smallest absolute Gasteiger partial charge is 0.116 e. The topological polar surface area (TPSA) is 140 Å². The first-order valence-corrected chi connectivity index (χ1v) is 16.1. The second-order valence-corrected chi connectivity index (χ2v) is 12.1.